The second-order valence-corrected chi connectivity index (χ2v) is 6.22. The zero-order valence-corrected chi connectivity index (χ0v) is 12.5. The summed E-state index contributed by atoms with van der Waals surface area (Å²) in [7, 11) is 0. The van der Waals surface area contributed by atoms with E-state index in [4.69, 9.17) is 5.26 Å². The van der Waals surface area contributed by atoms with Gasteiger partial charge in [-0.05, 0) is 49.2 Å². The van der Waals surface area contributed by atoms with Crippen LogP contribution in [0.3, 0.4) is 0 Å². The van der Waals surface area contributed by atoms with Crippen LogP contribution in [0.4, 0.5) is 0 Å². The summed E-state index contributed by atoms with van der Waals surface area (Å²) >= 11 is 1.62. The molecule has 0 fully saturated rings. The molecule has 0 atom stereocenters. The number of tetrazole rings is 1. The second-order valence-electron chi connectivity index (χ2n) is 5.16. The molecule has 0 aliphatic carbocycles. The van der Waals surface area contributed by atoms with Crippen LogP contribution in [0, 0.1) is 16.7 Å². The van der Waals surface area contributed by atoms with Gasteiger partial charge in [-0.3, -0.25) is 0 Å². The van der Waals surface area contributed by atoms with Gasteiger partial charge in [-0.15, -0.1) is 5.10 Å². The van der Waals surface area contributed by atoms with Gasteiger partial charge in [0, 0.05) is 5.75 Å². The standard InChI is InChI=1S/C14H17N5S/c1-14(2,11-15)9-6-10-20-13-16-17-18-19(13)12-7-4-3-5-8-12/h3-5,7-8H,6,9-10H2,1-2H3. The van der Waals surface area contributed by atoms with Crippen molar-refractivity contribution < 1.29 is 0 Å². The summed E-state index contributed by atoms with van der Waals surface area (Å²) in [5.74, 6) is 0.901. The quantitative estimate of drug-likeness (QED) is 0.603. The SMILES string of the molecule is CC(C)(C#N)CCCSc1nnnn1-c1ccccc1. The molecular formula is C14H17N5S. The summed E-state index contributed by atoms with van der Waals surface area (Å²) in [5, 5.41) is 21.6. The van der Waals surface area contributed by atoms with Gasteiger partial charge in [0.1, 0.15) is 0 Å². The van der Waals surface area contributed by atoms with E-state index in [-0.39, 0.29) is 5.41 Å². The number of thioether (sulfide) groups is 1. The average molecular weight is 287 g/mol. The highest BCUT2D eigenvalue weighted by Crippen LogP contribution is 2.24. The Balaban J connectivity index is 1.92. The summed E-state index contributed by atoms with van der Waals surface area (Å²) in [4.78, 5) is 0. The third-order valence-electron chi connectivity index (χ3n) is 2.92. The van der Waals surface area contributed by atoms with E-state index in [2.05, 4.69) is 21.6 Å². The van der Waals surface area contributed by atoms with Gasteiger partial charge in [0.25, 0.3) is 0 Å². The molecule has 1 aromatic heterocycles. The van der Waals surface area contributed by atoms with Crippen molar-refractivity contribution in [3.63, 3.8) is 0 Å². The molecule has 0 amide bonds. The lowest BCUT2D eigenvalue weighted by Gasteiger charge is -2.13. The van der Waals surface area contributed by atoms with Crippen LogP contribution in [-0.4, -0.2) is 26.0 Å². The Morgan fingerprint density at radius 1 is 1.30 bits per heavy atom. The Kier molecular flexibility index (Phi) is 4.74. The fourth-order valence-corrected chi connectivity index (χ4v) is 2.56. The van der Waals surface area contributed by atoms with E-state index >= 15 is 0 Å². The van der Waals surface area contributed by atoms with Crippen molar-refractivity contribution in [3.8, 4) is 11.8 Å². The van der Waals surface area contributed by atoms with Crippen LogP contribution >= 0.6 is 11.8 Å². The molecule has 0 saturated carbocycles. The minimum absolute atomic E-state index is 0.258. The predicted molar refractivity (Wildman–Crippen MR) is 78.5 cm³/mol. The van der Waals surface area contributed by atoms with E-state index in [0.717, 1.165) is 29.4 Å². The number of nitriles is 1. The summed E-state index contributed by atoms with van der Waals surface area (Å²) in [6.45, 7) is 3.93. The van der Waals surface area contributed by atoms with Gasteiger partial charge in [-0.25, -0.2) is 0 Å². The third-order valence-corrected chi connectivity index (χ3v) is 3.93. The van der Waals surface area contributed by atoms with E-state index in [1.54, 1.807) is 16.4 Å². The summed E-state index contributed by atoms with van der Waals surface area (Å²) < 4.78 is 1.74. The van der Waals surface area contributed by atoms with Gasteiger partial charge in [0.2, 0.25) is 5.16 Å². The molecule has 1 heterocycles. The zero-order chi connectivity index (χ0) is 14.4. The lowest BCUT2D eigenvalue weighted by molar-refractivity contribution is 0.447. The molecule has 20 heavy (non-hydrogen) atoms. The maximum atomic E-state index is 8.98. The van der Waals surface area contributed by atoms with Gasteiger partial charge < -0.3 is 0 Å². The predicted octanol–water partition coefficient (Wildman–Crippen LogP) is 3.08. The minimum atomic E-state index is -0.258. The Morgan fingerprint density at radius 2 is 2.05 bits per heavy atom. The van der Waals surface area contributed by atoms with E-state index in [0.29, 0.717) is 0 Å². The molecule has 0 aliphatic rings. The topological polar surface area (TPSA) is 67.4 Å². The number of hydrogen-bond acceptors (Lipinski definition) is 5. The molecular weight excluding hydrogens is 270 g/mol. The number of benzene rings is 1. The van der Waals surface area contributed by atoms with Crippen molar-refractivity contribution >= 4 is 11.8 Å². The van der Waals surface area contributed by atoms with Crippen molar-refractivity contribution in [1.82, 2.24) is 20.2 Å². The van der Waals surface area contributed by atoms with Crippen molar-refractivity contribution in [2.75, 3.05) is 5.75 Å². The number of nitrogens with zero attached hydrogens (tertiary/aromatic N) is 5. The molecule has 0 aliphatic heterocycles. The molecule has 0 spiro atoms. The molecule has 0 unspecified atom stereocenters. The van der Waals surface area contributed by atoms with Gasteiger partial charge in [-0.2, -0.15) is 9.94 Å². The van der Waals surface area contributed by atoms with Crippen LogP contribution in [-0.2, 0) is 0 Å². The van der Waals surface area contributed by atoms with Crippen LogP contribution in [0.15, 0.2) is 35.5 Å². The van der Waals surface area contributed by atoms with Crippen LogP contribution in [0.25, 0.3) is 5.69 Å². The molecule has 1 aromatic carbocycles. The Hall–Kier alpha value is -1.87. The van der Waals surface area contributed by atoms with Crippen molar-refractivity contribution in [2.24, 2.45) is 5.41 Å². The lowest BCUT2D eigenvalue weighted by atomic mass is 9.90. The zero-order valence-electron chi connectivity index (χ0n) is 11.7. The van der Waals surface area contributed by atoms with Crippen LogP contribution in [0.5, 0.6) is 0 Å². The molecule has 6 heteroatoms. The Labute approximate surface area is 123 Å². The van der Waals surface area contributed by atoms with Crippen LogP contribution < -0.4 is 0 Å². The molecule has 0 radical (unpaired) electrons. The largest absolute Gasteiger partial charge is 0.214 e. The number of hydrogen-bond donors (Lipinski definition) is 0. The highest BCUT2D eigenvalue weighted by molar-refractivity contribution is 7.99. The van der Waals surface area contributed by atoms with Gasteiger partial charge in [0.05, 0.1) is 17.2 Å². The minimum Gasteiger partial charge on any atom is -0.198 e. The maximum Gasteiger partial charge on any atom is 0.214 e. The van der Waals surface area contributed by atoms with Gasteiger partial charge in [0.15, 0.2) is 0 Å². The first-order valence-corrected chi connectivity index (χ1v) is 7.49. The summed E-state index contributed by atoms with van der Waals surface area (Å²) in [5.41, 5.74) is 0.698. The smallest absolute Gasteiger partial charge is 0.198 e. The summed E-state index contributed by atoms with van der Waals surface area (Å²) in [6.07, 6.45) is 1.84. The number of para-hydroxylation sites is 1. The highest BCUT2D eigenvalue weighted by atomic mass is 32.2. The van der Waals surface area contributed by atoms with Crippen molar-refractivity contribution in [1.29, 1.82) is 5.26 Å². The Morgan fingerprint density at radius 3 is 2.75 bits per heavy atom. The highest BCUT2D eigenvalue weighted by Gasteiger charge is 2.16. The van der Waals surface area contributed by atoms with E-state index in [9.17, 15) is 0 Å². The fourth-order valence-electron chi connectivity index (χ4n) is 1.73. The second kappa shape index (κ2) is 6.53. The van der Waals surface area contributed by atoms with Crippen molar-refractivity contribution in [2.45, 2.75) is 31.8 Å². The first kappa shape index (κ1) is 14.5. The maximum absolute atomic E-state index is 8.98. The normalized spacial score (nSPS) is 11.2. The third kappa shape index (κ3) is 3.81. The van der Waals surface area contributed by atoms with Gasteiger partial charge >= 0.3 is 0 Å². The van der Waals surface area contributed by atoms with Crippen LogP contribution in [0.2, 0.25) is 0 Å². The lowest BCUT2D eigenvalue weighted by Crippen LogP contribution is -2.07. The molecule has 0 saturated heterocycles. The van der Waals surface area contributed by atoms with E-state index in [1.165, 1.54) is 0 Å². The van der Waals surface area contributed by atoms with E-state index in [1.807, 2.05) is 44.2 Å². The number of rotatable bonds is 6. The average Bonchev–Trinajstić information content (AvgIpc) is 2.93. The molecule has 0 N–H and O–H groups in total. The molecule has 2 aromatic rings. The van der Waals surface area contributed by atoms with Crippen LogP contribution in [0.1, 0.15) is 26.7 Å². The molecule has 0 bridgehead atoms. The summed E-state index contributed by atoms with van der Waals surface area (Å²) in [6, 6.07) is 12.1. The van der Waals surface area contributed by atoms with E-state index < -0.39 is 0 Å². The Bertz CT molecular complexity index is 585. The van der Waals surface area contributed by atoms with Crippen molar-refractivity contribution in [3.05, 3.63) is 30.3 Å². The molecule has 104 valence electrons. The molecule has 2 rings (SSSR count). The monoisotopic (exact) mass is 287 g/mol. The number of aromatic nitrogens is 4. The first-order valence-electron chi connectivity index (χ1n) is 6.50. The first-order chi connectivity index (χ1) is 9.62. The van der Waals surface area contributed by atoms with Gasteiger partial charge in [-0.1, -0.05) is 30.0 Å². The molecule has 5 nitrogen and oxygen atoms in total. The fraction of sp³-hybridized carbons (Fsp3) is 0.429.